The summed E-state index contributed by atoms with van der Waals surface area (Å²) in [5.74, 6) is 0. The molecule has 1 aromatic heterocycles. The standard InChI is InChI=1S/C4HN2S/c5-3-4-1-2-6-7-4/h2H. The fourth-order valence-corrected chi connectivity index (χ4v) is 0.600. The molecule has 0 saturated heterocycles. The number of aromatic nitrogens is 1. The van der Waals surface area contributed by atoms with Crippen LogP contribution in [0.3, 0.4) is 0 Å². The molecule has 0 aromatic carbocycles. The molecule has 3 heteroatoms. The lowest BCUT2D eigenvalue weighted by Gasteiger charge is -1.58. The molecule has 1 aromatic rings. The number of nitrogens with zero attached hydrogens (tertiary/aromatic N) is 2. The van der Waals surface area contributed by atoms with E-state index < -0.39 is 0 Å². The Kier molecular flexibility index (Phi) is 1.05. The van der Waals surface area contributed by atoms with Crippen molar-refractivity contribution in [3.63, 3.8) is 0 Å². The van der Waals surface area contributed by atoms with Crippen LogP contribution in [0, 0.1) is 17.4 Å². The second kappa shape index (κ2) is 1.71. The summed E-state index contributed by atoms with van der Waals surface area (Å²) in [6, 6.07) is 4.54. The fraction of sp³-hybridized carbons (Fsp3) is 0. The second-order valence-electron chi connectivity index (χ2n) is 0.911. The van der Waals surface area contributed by atoms with E-state index >= 15 is 0 Å². The van der Waals surface area contributed by atoms with Crippen LogP contribution < -0.4 is 0 Å². The van der Waals surface area contributed by atoms with Crippen LogP contribution in [-0.4, -0.2) is 4.37 Å². The van der Waals surface area contributed by atoms with Gasteiger partial charge in [-0.05, 0) is 11.5 Å². The summed E-state index contributed by atoms with van der Waals surface area (Å²) < 4.78 is 3.66. The van der Waals surface area contributed by atoms with E-state index in [9.17, 15) is 0 Å². The highest BCUT2D eigenvalue weighted by atomic mass is 32.1. The molecule has 1 rings (SSSR count). The highest BCUT2D eigenvalue weighted by Gasteiger charge is 1.85. The smallest absolute Gasteiger partial charge is 0.133 e. The second-order valence-corrected chi connectivity index (χ2v) is 1.71. The zero-order chi connectivity index (χ0) is 5.11. The van der Waals surface area contributed by atoms with Gasteiger partial charge in [-0.1, -0.05) is 0 Å². The van der Waals surface area contributed by atoms with E-state index in [4.69, 9.17) is 5.26 Å². The summed E-state index contributed by atoms with van der Waals surface area (Å²) in [5, 5.41) is 8.12. The maximum absolute atomic E-state index is 8.12. The normalized spacial score (nSPS) is 7.86. The first-order valence-corrected chi connectivity index (χ1v) is 2.43. The first-order valence-electron chi connectivity index (χ1n) is 1.66. The van der Waals surface area contributed by atoms with Gasteiger partial charge in [-0.2, -0.15) is 9.64 Å². The zero-order valence-electron chi connectivity index (χ0n) is 3.38. The van der Waals surface area contributed by atoms with Gasteiger partial charge in [0.05, 0.1) is 6.20 Å². The third kappa shape index (κ3) is 0.756. The predicted octanol–water partition coefficient (Wildman–Crippen LogP) is 0.815. The molecule has 0 spiro atoms. The monoisotopic (exact) mass is 109 g/mol. The van der Waals surface area contributed by atoms with Crippen molar-refractivity contribution in [1.82, 2.24) is 4.37 Å². The maximum atomic E-state index is 8.12. The largest absolute Gasteiger partial charge is 0.199 e. The molecule has 0 bridgehead atoms. The Hall–Kier alpha value is -0.880. The third-order valence-electron chi connectivity index (χ3n) is 0.494. The quantitative estimate of drug-likeness (QED) is 0.494. The van der Waals surface area contributed by atoms with Gasteiger partial charge in [-0.25, -0.2) is 0 Å². The van der Waals surface area contributed by atoms with Crippen molar-refractivity contribution in [2.75, 3.05) is 0 Å². The van der Waals surface area contributed by atoms with Crippen molar-refractivity contribution < 1.29 is 0 Å². The van der Waals surface area contributed by atoms with Crippen LogP contribution in [0.5, 0.6) is 0 Å². The molecule has 1 radical (unpaired) electrons. The molecule has 0 amide bonds. The molecule has 0 saturated carbocycles. The van der Waals surface area contributed by atoms with E-state index in [1.165, 1.54) is 6.20 Å². The Morgan fingerprint density at radius 1 is 2.00 bits per heavy atom. The van der Waals surface area contributed by atoms with Crippen molar-refractivity contribution in [3.8, 4) is 6.07 Å². The van der Waals surface area contributed by atoms with Crippen LogP contribution in [-0.2, 0) is 0 Å². The summed E-state index contributed by atoms with van der Waals surface area (Å²) in [6.45, 7) is 0. The van der Waals surface area contributed by atoms with E-state index in [1.807, 2.05) is 6.07 Å². The van der Waals surface area contributed by atoms with Crippen molar-refractivity contribution in [3.05, 3.63) is 17.1 Å². The summed E-state index contributed by atoms with van der Waals surface area (Å²) >= 11 is 1.16. The van der Waals surface area contributed by atoms with Gasteiger partial charge in [0.2, 0.25) is 0 Å². The van der Waals surface area contributed by atoms with Gasteiger partial charge in [0.25, 0.3) is 0 Å². The highest BCUT2D eigenvalue weighted by Crippen LogP contribution is 1.98. The van der Waals surface area contributed by atoms with Crippen molar-refractivity contribution in [2.24, 2.45) is 0 Å². The van der Waals surface area contributed by atoms with Crippen LogP contribution in [0.1, 0.15) is 4.88 Å². The van der Waals surface area contributed by atoms with E-state index in [-0.39, 0.29) is 0 Å². The third-order valence-corrected chi connectivity index (χ3v) is 1.10. The Morgan fingerprint density at radius 2 is 2.86 bits per heavy atom. The van der Waals surface area contributed by atoms with Gasteiger partial charge in [0.1, 0.15) is 10.9 Å². The molecule has 2 nitrogen and oxygen atoms in total. The zero-order valence-corrected chi connectivity index (χ0v) is 4.20. The summed E-state index contributed by atoms with van der Waals surface area (Å²) in [7, 11) is 0. The highest BCUT2D eigenvalue weighted by molar-refractivity contribution is 7.06. The Labute approximate surface area is 45.2 Å². The molecule has 0 unspecified atom stereocenters. The van der Waals surface area contributed by atoms with Gasteiger partial charge >= 0.3 is 0 Å². The van der Waals surface area contributed by atoms with E-state index in [0.717, 1.165) is 11.5 Å². The first-order chi connectivity index (χ1) is 3.43. The van der Waals surface area contributed by atoms with E-state index in [0.29, 0.717) is 4.88 Å². The Morgan fingerprint density at radius 3 is 3.14 bits per heavy atom. The van der Waals surface area contributed by atoms with Crippen molar-refractivity contribution in [2.45, 2.75) is 0 Å². The Bertz CT molecular complexity index is 172. The number of nitriles is 1. The minimum absolute atomic E-state index is 0.542. The van der Waals surface area contributed by atoms with Crippen LogP contribution in [0.25, 0.3) is 0 Å². The molecular formula is C4HN2S. The number of rotatable bonds is 0. The fourth-order valence-electron chi connectivity index (χ4n) is 0.243. The average molecular weight is 109 g/mol. The summed E-state index contributed by atoms with van der Waals surface area (Å²) in [5.41, 5.74) is 0. The molecule has 0 aliphatic carbocycles. The molecule has 0 fully saturated rings. The van der Waals surface area contributed by atoms with Gasteiger partial charge in [0.15, 0.2) is 0 Å². The van der Waals surface area contributed by atoms with Crippen LogP contribution in [0.15, 0.2) is 6.20 Å². The molecule has 0 N–H and O–H groups in total. The SMILES string of the molecule is N#Cc1[c]cns1. The first kappa shape index (κ1) is 4.28. The lowest BCUT2D eigenvalue weighted by atomic mass is 10.5. The Balaban J connectivity index is 3.04. The van der Waals surface area contributed by atoms with Gasteiger partial charge in [0, 0.05) is 6.07 Å². The van der Waals surface area contributed by atoms with Crippen molar-refractivity contribution in [1.29, 1.82) is 5.26 Å². The molecule has 1 heterocycles. The van der Waals surface area contributed by atoms with Gasteiger partial charge < -0.3 is 0 Å². The molecule has 0 atom stereocenters. The van der Waals surface area contributed by atoms with Crippen LogP contribution in [0.2, 0.25) is 0 Å². The lowest BCUT2D eigenvalue weighted by molar-refractivity contribution is 1.52. The van der Waals surface area contributed by atoms with Crippen LogP contribution in [0.4, 0.5) is 0 Å². The average Bonchev–Trinajstić information content (AvgIpc) is 2.14. The van der Waals surface area contributed by atoms with E-state index in [1.54, 1.807) is 0 Å². The number of hydrogen-bond acceptors (Lipinski definition) is 3. The predicted molar refractivity (Wildman–Crippen MR) is 25.7 cm³/mol. The van der Waals surface area contributed by atoms with E-state index in [2.05, 4.69) is 10.4 Å². The van der Waals surface area contributed by atoms with Crippen molar-refractivity contribution >= 4 is 11.5 Å². The van der Waals surface area contributed by atoms with Gasteiger partial charge in [-0.15, -0.1) is 0 Å². The lowest BCUT2D eigenvalue weighted by Crippen LogP contribution is -1.51. The van der Waals surface area contributed by atoms with Crippen LogP contribution >= 0.6 is 11.5 Å². The summed E-state index contributed by atoms with van der Waals surface area (Å²) in [4.78, 5) is 0.542. The molecule has 7 heavy (non-hydrogen) atoms. The topological polar surface area (TPSA) is 36.7 Å². The molecular weight excluding hydrogens is 108 g/mol. The molecule has 0 aliphatic heterocycles. The minimum atomic E-state index is 0.542. The summed E-state index contributed by atoms with van der Waals surface area (Å²) in [6.07, 6.45) is 1.49. The minimum Gasteiger partial charge on any atom is -0.199 e. The van der Waals surface area contributed by atoms with Gasteiger partial charge in [-0.3, -0.25) is 0 Å². The number of hydrogen-bond donors (Lipinski definition) is 0. The molecule has 33 valence electrons. The molecule has 0 aliphatic rings. The maximum Gasteiger partial charge on any atom is 0.133 e.